The van der Waals surface area contributed by atoms with Gasteiger partial charge in [0.25, 0.3) is 0 Å². The maximum atomic E-state index is 5.64. The maximum Gasteiger partial charge on any atom is 0.0440 e. The predicted octanol–water partition coefficient (Wildman–Crippen LogP) is 4.18. The van der Waals surface area contributed by atoms with Crippen molar-refractivity contribution in [1.29, 1.82) is 0 Å². The molecule has 3 heteroatoms. The molecule has 0 saturated carbocycles. The Bertz CT molecular complexity index is 303. The Balaban J connectivity index is 2.60. The highest BCUT2D eigenvalue weighted by molar-refractivity contribution is 7.10. The van der Waals surface area contributed by atoms with Gasteiger partial charge in [0.1, 0.15) is 0 Å². The van der Waals surface area contributed by atoms with Crippen LogP contribution in [0.2, 0.25) is 0 Å². The van der Waals surface area contributed by atoms with Gasteiger partial charge < -0.3 is 5.32 Å². The molecule has 1 N–H and O–H groups in total. The minimum atomic E-state index is 0.427. The van der Waals surface area contributed by atoms with Crippen LogP contribution in [-0.4, -0.2) is 6.54 Å². The lowest BCUT2D eigenvalue weighted by Crippen LogP contribution is -2.26. The molecule has 1 heterocycles. The van der Waals surface area contributed by atoms with Gasteiger partial charge in [-0.3, -0.25) is 0 Å². The molecule has 0 bridgehead atoms. The first-order valence-corrected chi connectivity index (χ1v) is 6.49. The predicted molar refractivity (Wildman–Crippen MR) is 69.5 cm³/mol. The Hall–Kier alpha value is -0.310. The van der Waals surface area contributed by atoms with Crippen LogP contribution in [0.1, 0.15) is 31.7 Å². The summed E-state index contributed by atoms with van der Waals surface area (Å²) in [6.45, 7) is 7.35. The molecule has 15 heavy (non-hydrogen) atoms. The SMILES string of the molecule is C/C(=C\Cl)CNC(c1cccs1)C(C)C. The number of thiophene rings is 1. The molecule has 84 valence electrons. The molecule has 1 rings (SSSR count). The highest BCUT2D eigenvalue weighted by atomic mass is 35.5. The summed E-state index contributed by atoms with van der Waals surface area (Å²) < 4.78 is 0. The smallest absolute Gasteiger partial charge is 0.0440 e. The lowest BCUT2D eigenvalue weighted by molar-refractivity contribution is 0.432. The van der Waals surface area contributed by atoms with Gasteiger partial charge in [0.15, 0.2) is 0 Å². The van der Waals surface area contributed by atoms with Crippen molar-refractivity contribution in [1.82, 2.24) is 5.32 Å². The number of nitrogens with one attached hydrogen (secondary N) is 1. The fourth-order valence-electron chi connectivity index (χ4n) is 1.44. The van der Waals surface area contributed by atoms with Gasteiger partial charge in [0.05, 0.1) is 0 Å². The van der Waals surface area contributed by atoms with E-state index in [1.54, 1.807) is 16.9 Å². The first-order valence-electron chi connectivity index (χ1n) is 5.17. The van der Waals surface area contributed by atoms with Crippen molar-refractivity contribution in [3.05, 3.63) is 33.5 Å². The first kappa shape index (κ1) is 12.8. The normalized spacial score (nSPS) is 14.6. The molecule has 0 spiro atoms. The molecule has 0 amide bonds. The van der Waals surface area contributed by atoms with Crippen LogP contribution in [0.5, 0.6) is 0 Å². The molecule has 1 unspecified atom stereocenters. The Morgan fingerprint density at radius 2 is 2.33 bits per heavy atom. The van der Waals surface area contributed by atoms with Crippen LogP contribution in [0.25, 0.3) is 0 Å². The van der Waals surface area contributed by atoms with Crippen LogP contribution >= 0.6 is 22.9 Å². The summed E-state index contributed by atoms with van der Waals surface area (Å²) in [5, 5.41) is 5.65. The molecule has 1 aromatic rings. The molecule has 0 saturated heterocycles. The molecule has 0 radical (unpaired) electrons. The fraction of sp³-hybridized carbons (Fsp3) is 0.500. The van der Waals surface area contributed by atoms with Crippen LogP contribution in [0.3, 0.4) is 0 Å². The second-order valence-electron chi connectivity index (χ2n) is 4.07. The highest BCUT2D eigenvalue weighted by Gasteiger charge is 2.15. The largest absolute Gasteiger partial charge is 0.305 e. The van der Waals surface area contributed by atoms with Gasteiger partial charge in [0, 0.05) is 23.0 Å². The van der Waals surface area contributed by atoms with Crippen molar-refractivity contribution in [3.8, 4) is 0 Å². The Morgan fingerprint density at radius 1 is 1.60 bits per heavy atom. The zero-order valence-electron chi connectivity index (χ0n) is 9.46. The quantitative estimate of drug-likeness (QED) is 0.818. The number of rotatable bonds is 5. The van der Waals surface area contributed by atoms with Gasteiger partial charge in [-0.15, -0.1) is 11.3 Å². The van der Waals surface area contributed by atoms with E-state index < -0.39 is 0 Å². The van der Waals surface area contributed by atoms with Crippen molar-refractivity contribution in [3.63, 3.8) is 0 Å². The summed E-state index contributed by atoms with van der Waals surface area (Å²) in [4.78, 5) is 1.40. The van der Waals surface area contributed by atoms with Crippen LogP contribution in [0, 0.1) is 5.92 Å². The molecule has 0 aliphatic heterocycles. The second-order valence-corrected chi connectivity index (χ2v) is 5.27. The van der Waals surface area contributed by atoms with Crippen LogP contribution in [0.4, 0.5) is 0 Å². The Labute approximate surface area is 101 Å². The summed E-state index contributed by atoms with van der Waals surface area (Å²) in [6, 6.07) is 4.71. The summed E-state index contributed by atoms with van der Waals surface area (Å²) in [6.07, 6.45) is 0. The summed E-state index contributed by atoms with van der Waals surface area (Å²) >= 11 is 7.44. The van der Waals surface area contributed by atoms with E-state index >= 15 is 0 Å². The van der Waals surface area contributed by atoms with E-state index in [4.69, 9.17) is 11.6 Å². The monoisotopic (exact) mass is 243 g/mol. The summed E-state index contributed by atoms with van der Waals surface area (Å²) in [5.74, 6) is 0.590. The molecule has 1 nitrogen and oxygen atoms in total. The van der Waals surface area contributed by atoms with Crippen molar-refractivity contribution in [2.24, 2.45) is 5.92 Å². The lowest BCUT2D eigenvalue weighted by Gasteiger charge is -2.21. The van der Waals surface area contributed by atoms with Crippen LogP contribution in [0.15, 0.2) is 28.6 Å². The average Bonchev–Trinajstić information content (AvgIpc) is 2.70. The number of halogens is 1. The van der Waals surface area contributed by atoms with E-state index in [9.17, 15) is 0 Å². The lowest BCUT2D eigenvalue weighted by atomic mass is 10.0. The molecule has 0 aliphatic rings. The Morgan fingerprint density at radius 3 is 2.80 bits per heavy atom. The van der Waals surface area contributed by atoms with Gasteiger partial charge in [-0.2, -0.15) is 0 Å². The highest BCUT2D eigenvalue weighted by Crippen LogP contribution is 2.25. The standard InChI is InChI=1S/C12H18ClNS/c1-9(2)12(11-5-4-6-15-11)14-8-10(3)7-13/h4-7,9,12,14H,8H2,1-3H3/b10-7+. The minimum Gasteiger partial charge on any atom is -0.305 e. The molecule has 1 aromatic heterocycles. The zero-order valence-corrected chi connectivity index (χ0v) is 11.0. The van der Waals surface area contributed by atoms with E-state index in [0.717, 1.165) is 6.54 Å². The van der Waals surface area contributed by atoms with Gasteiger partial charge in [-0.05, 0) is 29.9 Å². The Kier molecular flexibility index (Phi) is 5.37. The van der Waals surface area contributed by atoms with Crippen molar-refractivity contribution < 1.29 is 0 Å². The third-order valence-corrected chi connectivity index (χ3v) is 3.63. The molecular weight excluding hydrogens is 226 g/mol. The number of hydrogen-bond acceptors (Lipinski definition) is 2. The van der Waals surface area contributed by atoms with E-state index in [2.05, 4.69) is 36.7 Å². The first-order chi connectivity index (χ1) is 7.15. The molecule has 1 atom stereocenters. The average molecular weight is 244 g/mol. The van der Waals surface area contributed by atoms with Gasteiger partial charge in [-0.1, -0.05) is 31.5 Å². The van der Waals surface area contributed by atoms with E-state index in [-0.39, 0.29) is 0 Å². The minimum absolute atomic E-state index is 0.427. The number of hydrogen-bond donors (Lipinski definition) is 1. The zero-order chi connectivity index (χ0) is 11.3. The van der Waals surface area contributed by atoms with Gasteiger partial charge in [0.2, 0.25) is 0 Å². The second kappa shape index (κ2) is 6.31. The molecular formula is C12H18ClNS. The van der Waals surface area contributed by atoms with E-state index in [1.165, 1.54) is 10.5 Å². The van der Waals surface area contributed by atoms with Gasteiger partial charge >= 0.3 is 0 Å². The van der Waals surface area contributed by atoms with E-state index in [0.29, 0.717) is 12.0 Å². The third kappa shape index (κ3) is 3.98. The van der Waals surface area contributed by atoms with Crippen molar-refractivity contribution >= 4 is 22.9 Å². The van der Waals surface area contributed by atoms with Gasteiger partial charge in [-0.25, -0.2) is 0 Å². The maximum absolute atomic E-state index is 5.64. The molecule has 0 fully saturated rings. The summed E-state index contributed by atoms with van der Waals surface area (Å²) in [7, 11) is 0. The fourth-order valence-corrected chi connectivity index (χ4v) is 2.49. The van der Waals surface area contributed by atoms with Crippen molar-refractivity contribution in [2.75, 3.05) is 6.54 Å². The third-order valence-electron chi connectivity index (χ3n) is 2.30. The van der Waals surface area contributed by atoms with Crippen LogP contribution < -0.4 is 5.32 Å². The molecule has 0 aliphatic carbocycles. The van der Waals surface area contributed by atoms with Crippen molar-refractivity contribution in [2.45, 2.75) is 26.8 Å². The topological polar surface area (TPSA) is 12.0 Å². The summed E-state index contributed by atoms with van der Waals surface area (Å²) in [5.41, 5.74) is 2.80. The molecule has 0 aromatic carbocycles. The van der Waals surface area contributed by atoms with E-state index in [1.807, 2.05) is 6.92 Å². The van der Waals surface area contributed by atoms with Crippen LogP contribution in [-0.2, 0) is 0 Å².